The van der Waals surface area contributed by atoms with Gasteiger partial charge in [-0.3, -0.25) is 4.79 Å². The quantitative estimate of drug-likeness (QED) is 0.596. The van der Waals surface area contributed by atoms with Crippen molar-refractivity contribution in [2.45, 2.75) is 13.5 Å². The lowest BCUT2D eigenvalue weighted by Gasteiger charge is -2.25. The van der Waals surface area contributed by atoms with Gasteiger partial charge in [0.05, 0.1) is 11.2 Å². The van der Waals surface area contributed by atoms with Gasteiger partial charge in [-0.1, -0.05) is 41.9 Å². The SMILES string of the molecule is CCN(Cc1cccc2c1OCCO2)C(=O)c1cnc(-c2ccccc2Cl)s1. The highest BCUT2D eigenvalue weighted by Gasteiger charge is 2.22. The number of benzene rings is 2. The summed E-state index contributed by atoms with van der Waals surface area (Å²) in [5, 5.41) is 1.36. The fourth-order valence-electron chi connectivity index (χ4n) is 3.08. The third-order valence-corrected chi connectivity index (χ3v) is 5.85. The molecule has 0 aliphatic carbocycles. The van der Waals surface area contributed by atoms with Crippen LogP contribution in [0.3, 0.4) is 0 Å². The molecule has 7 heteroatoms. The third kappa shape index (κ3) is 3.70. The average molecular weight is 415 g/mol. The second-order valence-electron chi connectivity index (χ2n) is 6.27. The number of nitrogens with zero attached hydrogens (tertiary/aromatic N) is 2. The Bertz CT molecular complexity index is 1000. The van der Waals surface area contributed by atoms with Gasteiger partial charge < -0.3 is 14.4 Å². The Kier molecular flexibility index (Phi) is 5.50. The topological polar surface area (TPSA) is 51.7 Å². The number of halogens is 1. The number of thiazole rings is 1. The molecule has 1 amide bonds. The fourth-order valence-corrected chi connectivity index (χ4v) is 4.28. The zero-order valence-corrected chi connectivity index (χ0v) is 16.9. The molecule has 144 valence electrons. The van der Waals surface area contributed by atoms with E-state index in [2.05, 4.69) is 4.98 Å². The minimum atomic E-state index is -0.0624. The molecule has 0 saturated carbocycles. The zero-order chi connectivity index (χ0) is 19.5. The molecule has 3 aromatic rings. The van der Waals surface area contributed by atoms with Crippen LogP contribution in [0.1, 0.15) is 22.2 Å². The molecule has 0 radical (unpaired) electrons. The van der Waals surface area contributed by atoms with Gasteiger partial charge in [-0.2, -0.15) is 0 Å². The van der Waals surface area contributed by atoms with E-state index in [1.165, 1.54) is 11.3 Å². The Hall–Kier alpha value is -2.57. The molecule has 1 aliphatic rings. The second kappa shape index (κ2) is 8.20. The van der Waals surface area contributed by atoms with Crippen LogP contribution in [0.5, 0.6) is 11.5 Å². The first-order valence-corrected chi connectivity index (χ1v) is 10.2. The molecule has 1 aliphatic heterocycles. The second-order valence-corrected chi connectivity index (χ2v) is 7.71. The molecule has 0 spiro atoms. The van der Waals surface area contributed by atoms with Crippen molar-refractivity contribution in [2.75, 3.05) is 19.8 Å². The molecule has 0 unspecified atom stereocenters. The van der Waals surface area contributed by atoms with Crippen LogP contribution in [-0.2, 0) is 6.54 Å². The molecule has 1 aromatic heterocycles. The maximum absolute atomic E-state index is 13.1. The van der Waals surface area contributed by atoms with Crippen molar-refractivity contribution in [2.24, 2.45) is 0 Å². The smallest absolute Gasteiger partial charge is 0.265 e. The van der Waals surface area contributed by atoms with Crippen molar-refractivity contribution < 1.29 is 14.3 Å². The number of para-hydroxylation sites is 1. The fraction of sp³-hybridized carbons (Fsp3) is 0.238. The first-order valence-electron chi connectivity index (χ1n) is 9.05. The van der Waals surface area contributed by atoms with E-state index in [1.807, 2.05) is 49.4 Å². The first kappa shape index (κ1) is 18.8. The van der Waals surface area contributed by atoms with Gasteiger partial charge in [-0.15, -0.1) is 11.3 Å². The molecule has 0 bridgehead atoms. The number of carbonyl (C=O) groups is 1. The molecule has 28 heavy (non-hydrogen) atoms. The van der Waals surface area contributed by atoms with Crippen molar-refractivity contribution in [3.8, 4) is 22.1 Å². The molecule has 4 rings (SSSR count). The summed E-state index contributed by atoms with van der Waals surface area (Å²) in [6.07, 6.45) is 1.62. The van der Waals surface area contributed by atoms with Crippen LogP contribution in [0.15, 0.2) is 48.7 Å². The van der Waals surface area contributed by atoms with Gasteiger partial charge in [0.15, 0.2) is 11.5 Å². The molecule has 0 atom stereocenters. The van der Waals surface area contributed by atoms with E-state index in [1.54, 1.807) is 11.1 Å². The first-order chi connectivity index (χ1) is 13.7. The van der Waals surface area contributed by atoms with Gasteiger partial charge in [0, 0.05) is 24.2 Å². The number of hydrogen-bond acceptors (Lipinski definition) is 5. The molecule has 0 saturated heterocycles. The van der Waals surface area contributed by atoms with Crippen LogP contribution in [0, 0.1) is 0 Å². The minimum absolute atomic E-state index is 0.0624. The van der Waals surface area contributed by atoms with Crippen molar-refractivity contribution in [3.63, 3.8) is 0 Å². The normalized spacial score (nSPS) is 12.6. The van der Waals surface area contributed by atoms with E-state index >= 15 is 0 Å². The van der Waals surface area contributed by atoms with Gasteiger partial charge in [0.1, 0.15) is 23.1 Å². The van der Waals surface area contributed by atoms with Gasteiger partial charge in [0.25, 0.3) is 5.91 Å². The summed E-state index contributed by atoms with van der Waals surface area (Å²) in [5.74, 6) is 1.39. The van der Waals surface area contributed by atoms with Crippen molar-refractivity contribution in [3.05, 3.63) is 64.1 Å². The van der Waals surface area contributed by atoms with Crippen LogP contribution < -0.4 is 9.47 Å². The van der Waals surface area contributed by atoms with E-state index in [-0.39, 0.29) is 5.91 Å². The Morgan fingerprint density at radius 3 is 2.82 bits per heavy atom. The van der Waals surface area contributed by atoms with Crippen LogP contribution in [-0.4, -0.2) is 35.5 Å². The molecular weight excluding hydrogens is 396 g/mol. The highest BCUT2D eigenvalue weighted by molar-refractivity contribution is 7.17. The number of carbonyl (C=O) groups excluding carboxylic acids is 1. The van der Waals surface area contributed by atoms with Crippen LogP contribution in [0.2, 0.25) is 5.02 Å². The Morgan fingerprint density at radius 1 is 1.18 bits per heavy atom. The van der Waals surface area contributed by atoms with E-state index in [0.29, 0.717) is 36.2 Å². The molecule has 2 heterocycles. The predicted molar refractivity (Wildman–Crippen MR) is 110 cm³/mol. The van der Waals surface area contributed by atoms with Gasteiger partial charge in [-0.25, -0.2) is 4.98 Å². The number of rotatable bonds is 5. The number of hydrogen-bond donors (Lipinski definition) is 0. The van der Waals surface area contributed by atoms with Crippen molar-refractivity contribution >= 4 is 28.8 Å². The van der Waals surface area contributed by atoms with Crippen LogP contribution >= 0.6 is 22.9 Å². The Balaban J connectivity index is 1.56. The molecule has 2 aromatic carbocycles. The third-order valence-electron chi connectivity index (χ3n) is 4.50. The van der Waals surface area contributed by atoms with E-state index in [9.17, 15) is 4.79 Å². The summed E-state index contributed by atoms with van der Waals surface area (Å²) in [6.45, 7) is 4.03. The molecular formula is C21H19ClN2O3S. The summed E-state index contributed by atoms with van der Waals surface area (Å²) >= 11 is 7.61. The van der Waals surface area contributed by atoms with Crippen LogP contribution in [0.25, 0.3) is 10.6 Å². The van der Waals surface area contributed by atoms with Gasteiger partial charge in [0.2, 0.25) is 0 Å². The summed E-state index contributed by atoms with van der Waals surface area (Å²) in [6, 6.07) is 13.3. The maximum Gasteiger partial charge on any atom is 0.265 e. The maximum atomic E-state index is 13.1. The highest BCUT2D eigenvalue weighted by Crippen LogP contribution is 2.35. The highest BCUT2D eigenvalue weighted by atomic mass is 35.5. The summed E-state index contributed by atoms with van der Waals surface area (Å²) in [4.78, 5) is 19.8. The van der Waals surface area contributed by atoms with Crippen molar-refractivity contribution in [1.29, 1.82) is 0 Å². The summed E-state index contributed by atoms with van der Waals surface area (Å²) < 4.78 is 11.4. The predicted octanol–water partition coefficient (Wildman–Crippen LogP) is 4.90. The summed E-state index contributed by atoms with van der Waals surface area (Å²) in [7, 11) is 0. The van der Waals surface area contributed by atoms with Gasteiger partial charge in [-0.05, 0) is 19.1 Å². The van der Waals surface area contributed by atoms with E-state index < -0.39 is 0 Å². The Labute approximate surface area is 172 Å². The number of amides is 1. The van der Waals surface area contributed by atoms with E-state index in [0.717, 1.165) is 27.6 Å². The number of ether oxygens (including phenoxy) is 2. The Morgan fingerprint density at radius 2 is 2.00 bits per heavy atom. The lowest BCUT2D eigenvalue weighted by molar-refractivity contribution is 0.0753. The largest absolute Gasteiger partial charge is 0.486 e. The molecule has 5 nitrogen and oxygen atoms in total. The average Bonchev–Trinajstić information content (AvgIpc) is 3.22. The number of aromatic nitrogens is 1. The monoisotopic (exact) mass is 414 g/mol. The van der Waals surface area contributed by atoms with E-state index in [4.69, 9.17) is 21.1 Å². The van der Waals surface area contributed by atoms with Crippen LogP contribution in [0.4, 0.5) is 0 Å². The number of fused-ring (bicyclic) bond motifs is 1. The van der Waals surface area contributed by atoms with Crippen molar-refractivity contribution in [1.82, 2.24) is 9.88 Å². The summed E-state index contributed by atoms with van der Waals surface area (Å²) in [5.41, 5.74) is 1.77. The molecule has 0 fully saturated rings. The lowest BCUT2D eigenvalue weighted by Crippen LogP contribution is -2.30. The lowest BCUT2D eigenvalue weighted by atomic mass is 10.1. The van der Waals surface area contributed by atoms with Gasteiger partial charge >= 0.3 is 0 Å². The minimum Gasteiger partial charge on any atom is -0.486 e. The standard InChI is InChI=1S/C21H19ClN2O3S/c1-2-24(13-14-6-5-9-17-19(14)27-11-10-26-17)21(25)18-12-23-20(28-18)15-7-3-4-8-16(15)22/h3-9,12H,2,10-11,13H2,1H3. The zero-order valence-electron chi connectivity index (χ0n) is 15.4. The molecule has 0 N–H and O–H groups in total.